The molecule has 1 heterocycles. The van der Waals surface area contributed by atoms with Crippen LogP contribution in [0.2, 0.25) is 0 Å². The minimum Gasteiger partial charge on any atom is -0.382 e. The highest BCUT2D eigenvalue weighted by atomic mass is 79.9. The van der Waals surface area contributed by atoms with E-state index >= 15 is 0 Å². The van der Waals surface area contributed by atoms with Crippen molar-refractivity contribution in [3.05, 3.63) is 92.4 Å². The number of aromatic nitrogens is 2. The lowest BCUT2D eigenvalue weighted by atomic mass is 10.1. The maximum Gasteiger partial charge on any atom is 0.153 e. The molecule has 3 aromatic rings. The van der Waals surface area contributed by atoms with Gasteiger partial charge in [-0.1, -0.05) is 31.9 Å². The van der Waals surface area contributed by atoms with Crippen molar-refractivity contribution >= 4 is 38.1 Å². The lowest BCUT2D eigenvalue weighted by Gasteiger charge is -2.11. The molecule has 0 aliphatic carbocycles. The van der Waals surface area contributed by atoms with Gasteiger partial charge in [-0.05, 0) is 36.4 Å². The summed E-state index contributed by atoms with van der Waals surface area (Å²) >= 11 is 6.33. The fraction of sp³-hybridized carbons (Fsp3) is 0.0556. The molecule has 8 heteroatoms. The number of aliphatic hydroxyl groups excluding tert-OH is 1. The van der Waals surface area contributed by atoms with E-state index in [0.717, 1.165) is 0 Å². The van der Waals surface area contributed by atoms with Crippen LogP contribution in [0.15, 0.2) is 63.9 Å². The van der Waals surface area contributed by atoms with Gasteiger partial charge in [-0.2, -0.15) is 0 Å². The second kappa shape index (κ2) is 9.61. The molecule has 0 bridgehead atoms. The first kappa shape index (κ1) is 20.3. The third-order valence-corrected chi connectivity index (χ3v) is 4.19. The number of aldehydes is 1. The zero-order valence-electron chi connectivity index (χ0n) is 13.1. The Bertz CT molecular complexity index is 896. The number of benzene rings is 2. The van der Waals surface area contributed by atoms with Crippen LogP contribution in [-0.4, -0.2) is 21.4 Å². The van der Waals surface area contributed by atoms with Gasteiger partial charge in [0.2, 0.25) is 0 Å². The van der Waals surface area contributed by atoms with E-state index in [1.165, 1.54) is 42.9 Å². The Morgan fingerprint density at radius 3 is 2.23 bits per heavy atom. The van der Waals surface area contributed by atoms with Crippen molar-refractivity contribution in [1.29, 1.82) is 0 Å². The van der Waals surface area contributed by atoms with Gasteiger partial charge < -0.3 is 5.11 Å². The van der Waals surface area contributed by atoms with Gasteiger partial charge in [-0.25, -0.2) is 8.78 Å². The van der Waals surface area contributed by atoms with Crippen molar-refractivity contribution in [3.63, 3.8) is 0 Å². The number of carbonyl (C=O) groups is 1. The summed E-state index contributed by atoms with van der Waals surface area (Å²) in [7, 11) is 0. The Balaban J connectivity index is 0.000000209. The zero-order chi connectivity index (χ0) is 19.1. The molecule has 134 valence electrons. The fourth-order valence-electron chi connectivity index (χ4n) is 1.94. The number of hydrogen-bond donors (Lipinski definition) is 1. The lowest BCUT2D eigenvalue weighted by Crippen LogP contribution is -2.05. The Morgan fingerprint density at radius 1 is 1.00 bits per heavy atom. The number of hydrogen-bond acceptors (Lipinski definition) is 4. The van der Waals surface area contributed by atoms with Crippen LogP contribution >= 0.6 is 31.9 Å². The number of halogens is 4. The van der Waals surface area contributed by atoms with Crippen molar-refractivity contribution in [1.82, 2.24) is 9.97 Å². The Morgan fingerprint density at radius 2 is 1.65 bits per heavy atom. The molecule has 1 atom stereocenters. The van der Waals surface area contributed by atoms with Crippen LogP contribution in [0.5, 0.6) is 0 Å². The quantitative estimate of drug-likeness (QED) is 0.538. The minimum atomic E-state index is -1.11. The van der Waals surface area contributed by atoms with E-state index in [1.54, 1.807) is 12.1 Å². The molecule has 0 radical (unpaired) electrons. The maximum atomic E-state index is 13.5. The number of carbonyl (C=O) groups excluding carboxylic acids is 1. The highest BCUT2D eigenvalue weighted by Crippen LogP contribution is 2.25. The van der Waals surface area contributed by atoms with Gasteiger partial charge in [-0.3, -0.25) is 14.8 Å². The average molecular weight is 486 g/mol. The van der Waals surface area contributed by atoms with Crippen LogP contribution in [0.4, 0.5) is 8.78 Å². The summed E-state index contributed by atoms with van der Waals surface area (Å²) < 4.78 is 27.4. The van der Waals surface area contributed by atoms with Crippen LogP contribution in [0, 0.1) is 11.6 Å². The van der Waals surface area contributed by atoms with Crippen LogP contribution in [0.3, 0.4) is 0 Å². The minimum absolute atomic E-state index is 0.0781. The smallest absolute Gasteiger partial charge is 0.153 e. The average Bonchev–Trinajstić information content (AvgIpc) is 2.66. The van der Waals surface area contributed by atoms with Gasteiger partial charge >= 0.3 is 0 Å². The third-order valence-electron chi connectivity index (χ3n) is 3.20. The molecular weight excluding hydrogens is 474 g/mol. The summed E-state index contributed by atoms with van der Waals surface area (Å²) in [4.78, 5) is 17.9. The number of aliphatic hydroxyl groups is 1. The molecule has 26 heavy (non-hydrogen) atoms. The summed E-state index contributed by atoms with van der Waals surface area (Å²) in [5.41, 5.74) is 0.573. The van der Waals surface area contributed by atoms with Crippen LogP contribution in [0.25, 0.3) is 0 Å². The topological polar surface area (TPSA) is 63.1 Å². The van der Waals surface area contributed by atoms with E-state index in [4.69, 9.17) is 0 Å². The summed E-state index contributed by atoms with van der Waals surface area (Å²) in [6.45, 7) is 0. The highest BCUT2D eigenvalue weighted by molar-refractivity contribution is 9.10. The van der Waals surface area contributed by atoms with Gasteiger partial charge in [0.25, 0.3) is 0 Å². The molecule has 1 N–H and O–H groups in total. The Labute approximate surface area is 165 Å². The van der Waals surface area contributed by atoms with Crippen molar-refractivity contribution in [3.8, 4) is 0 Å². The first-order chi connectivity index (χ1) is 12.4. The van der Waals surface area contributed by atoms with Gasteiger partial charge in [-0.15, -0.1) is 0 Å². The molecule has 0 saturated heterocycles. The molecule has 0 spiro atoms. The van der Waals surface area contributed by atoms with Crippen molar-refractivity contribution in [2.24, 2.45) is 0 Å². The summed E-state index contributed by atoms with van der Waals surface area (Å²) in [6, 6.07) is 8.61. The highest BCUT2D eigenvalue weighted by Gasteiger charge is 2.16. The first-order valence-corrected chi connectivity index (χ1v) is 8.80. The molecule has 4 nitrogen and oxygen atoms in total. The Hall–Kier alpha value is -2.03. The van der Waals surface area contributed by atoms with E-state index in [0.29, 0.717) is 20.9 Å². The molecule has 0 aliphatic rings. The molecule has 0 saturated carbocycles. The third kappa shape index (κ3) is 5.48. The van der Waals surface area contributed by atoms with E-state index in [1.807, 2.05) is 0 Å². The van der Waals surface area contributed by atoms with Gasteiger partial charge in [0.1, 0.15) is 17.7 Å². The standard InChI is InChI=1S/C11H8BrFN2O.C7H4BrFO/c12-7-1-2-9(13)8(5-7)11(16)10-6-14-3-4-15-10;8-6-1-2-7(9)5(3-6)4-10/h1-6,11,16H;1-4H. The van der Waals surface area contributed by atoms with Crippen LogP contribution in [-0.2, 0) is 0 Å². The lowest BCUT2D eigenvalue weighted by molar-refractivity contribution is 0.111. The van der Waals surface area contributed by atoms with Gasteiger partial charge in [0, 0.05) is 26.9 Å². The molecular formula is C18H12Br2F2N2O2. The predicted molar refractivity (Wildman–Crippen MR) is 99.7 cm³/mol. The monoisotopic (exact) mass is 484 g/mol. The molecule has 0 fully saturated rings. The molecule has 3 rings (SSSR count). The van der Waals surface area contributed by atoms with Crippen molar-refractivity contribution in [2.75, 3.05) is 0 Å². The van der Waals surface area contributed by atoms with Crippen molar-refractivity contribution < 1.29 is 18.7 Å². The number of rotatable bonds is 3. The van der Waals surface area contributed by atoms with E-state index in [2.05, 4.69) is 41.8 Å². The van der Waals surface area contributed by atoms with E-state index in [9.17, 15) is 18.7 Å². The van der Waals surface area contributed by atoms with Crippen LogP contribution in [0.1, 0.15) is 27.7 Å². The van der Waals surface area contributed by atoms with Gasteiger partial charge in [0.05, 0.1) is 17.5 Å². The van der Waals surface area contributed by atoms with E-state index in [-0.39, 0.29) is 11.1 Å². The summed E-state index contributed by atoms with van der Waals surface area (Å²) in [5, 5.41) is 9.93. The zero-order valence-corrected chi connectivity index (χ0v) is 16.3. The first-order valence-electron chi connectivity index (χ1n) is 7.21. The Kier molecular flexibility index (Phi) is 7.50. The number of nitrogens with zero attached hydrogens (tertiary/aromatic N) is 2. The predicted octanol–water partition coefficient (Wildman–Crippen LogP) is 4.86. The second-order valence-electron chi connectivity index (χ2n) is 4.98. The maximum absolute atomic E-state index is 13.5. The van der Waals surface area contributed by atoms with Crippen LogP contribution < -0.4 is 0 Å². The van der Waals surface area contributed by atoms with Gasteiger partial charge in [0.15, 0.2) is 6.29 Å². The molecule has 1 aromatic heterocycles. The van der Waals surface area contributed by atoms with E-state index < -0.39 is 17.7 Å². The fourth-order valence-corrected chi connectivity index (χ4v) is 2.70. The largest absolute Gasteiger partial charge is 0.382 e. The molecule has 0 amide bonds. The molecule has 1 unspecified atom stereocenters. The normalized spacial score (nSPS) is 11.3. The van der Waals surface area contributed by atoms with Crippen molar-refractivity contribution in [2.45, 2.75) is 6.10 Å². The summed E-state index contributed by atoms with van der Waals surface area (Å²) in [5.74, 6) is -0.959. The summed E-state index contributed by atoms with van der Waals surface area (Å²) in [6.07, 6.45) is 3.73. The molecule has 2 aromatic carbocycles. The molecule has 0 aliphatic heterocycles. The SMILES string of the molecule is O=Cc1cc(Br)ccc1F.OC(c1cnccn1)c1cc(Br)ccc1F. The second-order valence-corrected chi connectivity index (χ2v) is 6.81.